The molecule has 0 aliphatic rings. The van der Waals surface area contributed by atoms with Crippen LogP contribution in [-0.4, -0.2) is 25.1 Å². The van der Waals surface area contributed by atoms with Crippen LogP contribution in [0.5, 0.6) is 0 Å². The second-order valence-electron chi connectivity index (χ2n) is 1.86. The van der Waals surface area contributed by atoms with E-state index in [1.807, 2.05) is 5.43 Å². The first-order valence-corrected chi connectivity index (χ1v) is 3.01. The standard InChI is InChI=1S/C3H6N8O2/c4-2(8-5)3(11(12)13)10-7-1-6-9-10/h1,8H,4-5H2. The first kappa shape index (κ1) is 8.86. The van der Waals surface area contributed by atoms with Gasteiger partial charge in [0.05, 0.1) is 5.21 Å². The molecule has 10 heteroatoms. The Balaban J connectivity index is 3.15. The summed E-state index contributed by atoms with van der Waals surface area (Å²) in [5.41, 5.74) is 7.10. The quantitative estimate of drug-likeness (QED) is 0.265. The van der Waals surface area contributed by atoms with E-state index in [0.717, 1.165) is 6.33 Å². The van der Waals surface area contributed by atoms with E-state index in [1.54, 1.807) is 0 Å². The molecule has 0 amide bonds. The van der Waals surface area contributed by atoms with Gasteiger partial charge < -0.3 is 21.3 Å². The molecule has 0 saturated heterocycles. The maximum atomic E-state index is 10.4. The summed E-state index contributed by atoms with van der Waals surface area (Å²) < 4.78 is 0. The number of nitro groups is 1. The van der Waals surface area contributed by atoms with E-state index in [0.29, 0.717) is 4.80 Å². The van der Waals surface area contributed by atoms with Crippen molar-refractivity contribution in [2.75, 3.05) is 0 Å². The topological polar surface area (TPSA) is 151 Å². The van der Waals surface area contributed by atoms with Gasteiger partial charge in [0.15, 0.2) is 6.33 Å². The van der Waals surface area contributed by atoms with Crippen molar-refractivity contribution < 1.29 is 4.92 Å². The molecule has 0 aliphatic heterocycles. The molecular weight excluding hydrogens is 180 g/mol. The predicted octanol–water partition coefficient (Wildman–Crippen LogP) is -2.54. The van der Waals surface area contributed by atoms with Crippen LogP contribution in [0.4, 0.5) is 0 Å². The van der Waals surface area contributed by atoms with Crippen LogP contribution >= 0.6 is 0 Å². The first-order valence-electron chi connectivity index (χ1n) is 3.01. The van der Waals surface area contributed by atoms with Crippen LogP contribution in [0.25, 0.3) is 5.82 Å². The molecule has 0 aromatic carbocycles. The molecule has 1 heterocycles. The lowest BCUT2D eigenvalue weighted by atomic mass is 10.7. The molecule has 1 rings (SSSR count). The molecule has 0 unspecified atom stereocenters. The molecule has 0 radical (unpaired) electrons. The molecule has 1 aromatic rings. The van der Waals surface area contributed by atoms with Gasteiger partial charge in [-0.15, -0.1) is 0 Å². The second kappa shape index (κ2) is 3.44. The van der Waals surface area contributed by atoms with Crippen LogP contribution < -0.4 is 17.0 Å². The van der Waals surface area contributed by atoms with E-state index >= 15 is 0 Å². The van der Waals surface area contributed by atoms with Crippen molar-refractivity contribution in [3.05, 3.63) is 22.3 Å². The Morgan fingerprint density at radius 1 is 1.69 bits per heavy atom. The largest absolute Gasteiger partial charge is 0.413 e. The number of rotatable bonds is 3. The van der Waals surface area contributed by atoms with Crippen molar-refractivity contribution in [2.45, 2.75) is 0 Å². The molecule has 0 aliphatic carbocycles. The highest BCUT2D eigenvalue weighted by Gasteiger charge is 2.20. The molecule has 0 saturated carbocycles. The van der Waals surface area contributed by atoms with E-state index in [-0.39, 0.29) is 5.82 Å². The summed E-state index contributed by atoms with van der Waals surface area (Å²) in [6, 6.07) is 0. The van der Waals surface area contributed by atoms with Gasteiger partial charge in [-0.3, -0.25) is 0 Å². The summed E-state index contributed by atoms with van der Waals surface area (Å²) in [6.07, 6.45) is 1.04. The third-order valence-corrected chi connectivity index (χ3v) is 1.11. The minimum atomic E-state index is -0.781. The van der Waals surface area contributed by atoms with Crippen molar-refractivity contribution in [2.24, 2.45) is 11.6 Å². The number of nitrogens with zero attached hydrogens (tertiary/aromatic N) is 5. The molecule has 70 valence electrons. The lowest BCUT2D eigenvalue weighted by molar-refractivity contribution is -0.386. The van der Waals surface area contributed by atoms with E-state index in [9.17, 15) is 10.1 Å². The smallest absolute Gasteiger partial charge is 0.377 e. The number of nitrogens with two attached hydrogens (primary N) is 2. The number of aromatic nitrogens is 4. The number of hydrogen-bond donors (Lipinski definition) is 3. The van der Waals surface area contributed by atoms with Crippen molar-refractivity contribution in [3.63, 3.8) is 0 Å². The summed E-state index contributed by atoms with van der Waals surface area (Å²) >= 11 is 0. The van der Waals surface area contributed by atoms with Gasteiger partial charge in [0.2, 0.25) is 5.82 Å². The maximum Gasteiger partial charge on any atom is 0.413 e. The van der Waals surface area contributed by atoms with Crippen LogP contribution in [0, 0.1) is 10.1 Å². The molecule has 0 spiro atoms. The normalized spacial score (nSPS) is 12.1. The Kier molecular flexibility index (Phi) is 2.35. The summed E-state index contributed by atoms with van der Waals surface area (Å²) in [4.78, 5) is 10.3. The third-order valence-electron chi connectivity index (χ3n) is 1.11. The van der Waals surface area contributed by atoms with E-state index in [2.05, 4.69) is 15.4 Å². The average molecular weight is 186 g/mol. The van der Waals surface area contributed by atoms with E-state index in [1.165, 1.54) is 0 Å². The van der Waals surface area contributed by atoms with Crippen LogP contribution in [-0.2, 0) is 0 Å². The van der Waals surface area contributed by atoms with Crippen molar-refractivity contribution in [1.82, 2.24) is 25.6 Å². The Hall–Kier alpha value is -2.23. The van der Waals surface area contributed by atoms with Gasteiger partial charge in [0, 0.05) is 4.80 Å². The zero-order chi connectivity index (χ0) is 9.84. The Morgan fingerprint density at radius 3 is 2.77 bits per heavy atom. The van der Waals surface area contributed by atoms with Crippen molar-refractivity contribution in [3.8, 4) is 0 Å². The molecule has 5 N–H and O–H groups in total. The molecule has 13 heavy (non-hydrogen) atoms. The fourth-order valence-corrected chi connectivity index (χ4v) is 0.608. The lowest BCUT2D eigenvalue weighted by Crippen LogP contribution is -2.31. The summed E-state index contributed by atoms with van der Waals surface area (Å²) in [6.45, 7) is 0. The molecule has 10 nitrogen and oxygen atoms in total. The van der Waals surface area contributed by atoms with Gasteiger partial charge in [-0.05, 0) is 10.0 Å². The van der Waals surface area contributed by atoms with Gasteiger partial charge >= 0.3 is 5.82 Å². The highest BCUT2D eigenvalue weighted by Crippen LogP contribution is 2.00. The summed E-state index contributed by atoms with van der Waals surface area (Å²) in [5, 5.41) is 20.4. The Bertz CT molecular complexity index is 327. The van der Waals surface area contributed by atoms with Crippen molar-refractivity contribution in [1.29, 1.82) is 0 Å². The number of nitrogens with one attached hydrogen (secondary N) is 1. The van der Waals surface area contributed by atoms with E-state index in [4.69, 9.17) is 11.6 Å². The molecular formula is C3H6N8O2. The van der Waals surface area contributed by atoms with Gasteiger partial charge in [-0.1, -0.05) is 5.10 Å². The van der Waals surface area contributed by atoms with Crippen LogP contribution in [0.3, 0.4) is 0 Å². The highest BCUT2D eigenvalue weighted by molar-refractivity contribution is 5.35. The summed E-state index contributed by atoms with van der Waals surface area (Å²) in [7, 11) is 0. The molecule has 0 bridgehead atoms. The minimum absolute atomic E-state index is 0.358. The summed E-state index contributed by atoms with van der Waals surface area (Å²) in [5.74, 6) is 3.95. The second-order valence-corrected chi connectivity index (χ2v) is 1.86. The lowest BCUT2D eigenvalue weighted by Gasteiger charge is -2.00. The van der Waals surface area contributed by atoms with Crippen LogP contribution in [0.1, 0.15) is 0 Å². The predicted molar refractivity (Wildman–Crippen MR) is 39.5 cm³/mol. The highest BCUT2D eigenvalue weighted by atomic mass is 16.6. The number of tetrazole rings is 1. The van der Waals surface area contributed by atoms with Gasteiger partial charge in [0.25, 0.3) is 0 Å². The molecule has 0 fully saturated rings. The fourth-order valence-electron chi connectivity index (χ4n) is 0.608. The Morgan fingerprint density at radius 2 is 2.38 bits per heavy atom. The van der Waals surface area contributed by atoms with E-state index < -0.39 is 10.7 Å². The van der Waals surface area contributed by atoms with Crippen LogP contribution in [0.15, 0.2) is 12.1 Å². The molecule has 0 atom stereocenters. The zero-order valence-corrected chi connectivity index (χ0v) is 6.28. The SMILES string of the molecule is NNC(N)=C(n1ncnn1)[N+](=O)[O-]. The zero-order valence-electron chi connectivity index (χ0n) is 6.28. The number of hydrogen-bond acceptors (Lipinski definition) is 8. The number of hydrazine groups is 1. The van der Waals surface area contributed by atoms with Crippen LogP contribution in [0.2, 0.25) is 0 Å². The van der Waals surface area contributed by atoms with Gasteiger partial charge in [-0.25, -0.2) is 5.84 Å². The van der Waals surface area contributed by atoms with Gasteiger partial charge in [-0.2, -0.15) is 0 Å². The van der Waals surface area contributed by atoms with Crippen molar-refractivity contribution >= 4 is 5.82 Å². The third kappa shape index (κ3) is 1.67. The minimum Gasteiger partial charge on any atom is -0.377 e. The first-order chi connectivity index (χ1) is 6.16. The average Bonchev–Trinajstić information content (AvgIpc) is 2.56. The maximum absolute atomic E-state index is 10.4. The molecule has 1 aromatic heterocycles. The Labute approximate surface area is 71.3 Å². The fraction of sp³-hybridized carbons (Fsp3) is 0. The monoisotopic (exact) mass is 186 g/mol. The van der Waals surface area contributed by atoms with Gasteiger partial charge in [0.1, 0.15) is 0 Å².